The molecule has 0 aromatic carbocycles. The molecule has 9 atom stereocenters. The summed E-state index contributed by atoms with van der Waals surface area (Å²) in [6, 6.07) is 0. The van der Waals surface area contributed by atoms with E-state index in [9.17, 15) is 10.2 Å². The molecule has 4 aliphatic rings. The number of allylic oxidation sites excluding steroid dienone is 1. The van der Waals surface area contributed by atoms with Crippen LogP contribution in [0.5, 0.6) is 0 Å². The predicted molar refractivity (Wildman–Crippen MR) is 125 cm³/mol. The Morgan fingerprint density at radius 1 is 0.967 bits per heavy atom. The number of hydrogen-bond donors (Lipinski definition) is 2. The number of fused-ring (bicyclic) bond motifs is 5. The lowest BCUT2D eigenvalue weighted by Crippen LogP contribution is -2.49. The minimum Gasteiger partial charge on any atom is -0.393 e. The van der Waals surface area contributed by atoms with Gasteiger partial charge in [0.15, 0.2) is 0 Å². The molecule has 4 aliphatic carbocycles. The summed E-state index contributed by atoms with van der Waals surface area (Å²) in [5.41, 5.74) is 2.32. The van der Waals surface area contributed by atoms with Gasteiger partial charge >= 0.3 is 0 Å². The number of rotatable bonds is 5. The predicted octanol–water partition coefficient (Wildman–Crippen LogP) is 6.75. The first kappa shape index (κ1) is 22.8. The van der Waals surface area contributed by atoms with Crippen LogP contribution < -0.4 is 0 Å². The van der Waals surface area contributed by atoms with Crippen molar-refractivity contribution in [3.05, 3.63) is 11.6 Å². The fraction of sp³-hybridized carbons (Fsp3) is 0.929. The lowest BCUT2D eigenvalue weighted by molar-refractivity contribution is -0.0629. The SMILES string of the molecule is CC(C)CC[C@@H](O)[C@@H](C)[C@H]1CC[C@H]2[C@H]3CCC=C4C[C@@H](O)CC[C@]4(C)[C@H]3CC[C@]12C. The van der Waals surface area contributed by atoms with Crippen molar-refractivity contribution in [3.8, 4) is 0 Å². The summed E-state index contributed by atoms with van der Waals surface area (Å²) >= 11 is 0. The third kappa shape index (κ3) is 3.83. The van der Waals surface area contributed by atoms with E-state index in [-0.39, 0.29) is 12.2 Å². The van der Waals surface area contributed by atoms with Gasteiger partial charge in [0.1, 0.15) is 0 Å². The molecule has 0 spiro atoms. The lowest BCUT2D eigenvalue weighted by Gasteiger charge is -2.56. The molecule has 3 fully saturated rings. The van der Waals surface area contributed by atoms with Gasteiger partial charge < -0.3 is 10.2 Å². The van der Waals surface area contributed by atoms with E-state index in [1.165, 1.54) is 44.9 Å². The molecule has 0 aromatic rings. The van der Waals surface area contributed by atoms with Crippen molar-refractivity contribution < 1.29 is 10.2 Å². The highest BCUT2D eigenvalue weighted by atomic mass is 16.3. The maximum absolute atomic E-state index is 11.0. The van der Waals surface area contributed by atoms with Crippen LogP contribution in [0.1, 0.15) is 105 Å². The highest BCUT2D eigenvalue weighted by Gasteiger charge is 2.58. The highest BCUT2D eigenvalue weighted by Crippen LogP contribution is 2.66. The van der Waals surface area contributed by atoms with E-state index in [1.807, 2.05) is 0 Å². The second kappa shape index (κ2) is 8.54. The maximum Gasteiger partial charge on any atom is 0.0577 e. The largest absolute Gasteiger partial charge is 0.393 e. The van der Waals surface area contributed by atoms with E-state index in [4.69, 9.17) is 0 Å². The van der Waals surface area contributed by atoms with Crippen LogP contribution in [0.3, 0.4) is 0 Å². The third-order valence-corrected chi connectivity index (χ3v) is 10.7. The summed E-state index contributed by atoms with van der Waals surface area (Å²) in [6.07, 6.45) is 15.4. The van der Waals surface area contributed by atoms with Crippen LogP contribution >= 0.6 is 0 Å². The molecule has 2 heteroatoms. The second-order valence-corrected chi connectivity index (χ2v) is 12.6. The summed E-state index contributed by atoms with van der Waals surface area (Å²) < 4.78 is 0. The first-order chi connectivity index (χ1) is 14.2. The van der Waals surface area contributed by atoms with Gasteiger partial charge in [-0.1, -0.05) is 46.3 Å². The van der Waals surface area contributed by atoms with Gasteiger partial charge in [0, 0.05) is 0 Å². The van der Waals surface area contributed by atoms with Crippen molar-refractivity contribution in [2.24, 2.45) is 46.3 Å². The zero-order chi connectivity index (χ0) is 21.7. The molecule has 172 valence electrons. The summed E-state index contributed by atoms with van der Waals surface area (Å²) in [5, 5.41) is 21.3. The molecule has 2 N–H and O–H groups in total. The average Bonchev–Trinajstić information content (AvgIpc) is 2.98. The molecule has 0 heterocycles. The maximum atomic E-state index is 11.0. The Kier molecular flexibility index (Phi) is 6.50. The first-order valence-corrected chi connectivity index (χ1v) is 13.2. The molecular weight excluding hydrogens is 368 g/mol. The zero-order valence-corrected chi connectivity index (χ0v) is 20.4. The van der Waals surface area contributed by atoms with Crippen molar-refractivity contribution in [2.75, 3.05) is 0 Å². The van der Waals surface area contributed by atoms with Crippen LogP contribution in [0.4, 0.5) is 0 Å². The Morgan fingerprint density at radius 2 is 1.73 bits per heavy atom. The molecule has 30 heavy (non-hydrogen) atoms. The van der Waals surface area contributed by atoms with E-state index >= 15 is 0 Å². The van der Waals surface area contributed by atoms with Crippen LogP contribution in [0.25, 0.3) is 0 Å². The molecular formula is C28H48O2. The van der Waals surface area contributed by atoms with Gasteiger partial charge in [0.05, 0.1) is 12.2 Å². The van der Waals surface area contributed by atoms with Gasteiger partial charge in [-0.3, -0.25) is 0 Å². The van der Waals surface area contributed by atoms with Gasteiger partial charge in [-0.2, -0.15) is 0 Å². The first-order valence-electron chi connectivity index (χ1n) is 13.2. The van der Waals surface area contributed by atoms with Crippen LogP contribution in [-0.2, 0) is 0 Å². The number of hydrogen-bond acceptors (Lipinski definition) is 2. The number of aliphatic hydroxyl groups excluding tert-OH is 2. The normalized spacial score (nSPS) is 45.7. The van der Waals surface area contributed by atoms with Crippen LogP contribution in [0.15, 0.2) is 11.6 Å². The molecule has 0 aliphatic heterocycles. The fourth-order valence-electron chi connectivity index (χ4n) is 8.83. The highest BCUT2D eigenvalue weighted by molar-refractivity contribution is 5.23. The smallest absolute Gasteiger partial charge is 0.0577 e. The Hall–Kier alpha value is -0.340. The summed E-state index contributed by atoms with van der Waals surface area (Å²) in [6.45, 7) is 12.0. The standard InChI is InChI=1S/C28H48O2/c1-18(2)9-12-26(30)19(3)23-10-11-24-22-8-6-7-20-17-21(29)13-15-27(20,4)25(22)14-16-28(23,24)5/h7,18-19,21-26,29-30H,6,8-17H2,1-5H3/t19-,21-,22+,23+,24-,25-,26+,27-,28+/m0/s1. The number of aliphatic hydroxyl groups is 2. The molecule has 4 rings (SSSR count). The van der Waals surface area contributed by atoms with Crippen LogP contribution in [0, 0.1) is 46.3 Å². The van der Waals surface area contributed by atoms with E-state index < -0.39 is 0 Å². The summed E-state index contributed by atoms with van der Waals surface area (Å²) in [7, 11) is 0. The summed E-state index contributed by atoms with van der Waals surface area (Å²) in [5.74, 6) is 4.26. The molecule has 0 amide bonds. The van der Waals surface area contributed by atoms with Gasteiger partial charge in [-0.15, -0.1) is 0 Å². The minimum absolute atomic E-state index is 0.112. The molecule has 0 saturated heterocycles. The van der Waals surface area contributed by atoms with E-state index in [1.54, 1.807) is 5.57 Å². The van der Waals surface area contributed by atoms with E-state index in [0.29, 0.717) is 28.6 Å². The Labute approximate surface area is 185 Å². The summed E-state index contributed by atoms with van der Waals surface area (Å²) in [4.78, 5) is 0. The molecule has 0 aromatic heterocycles. The molecule has 2 nitrogen and oxygen atoms in total. The lowest BCUT2D eigenvalue weighted by atomic mass is 9.49. The van der Waals surface area contributed by atoms with Crippen molar-refractivity contribution in [1.82, 2.24) is 0 Å². The van der Waals surface area contributed by atoms with Crippen molar-refractivity contribution in [1.29, 1.82) is 0 Å². The Bertz CT molecular complexity index is 639. The second-order valence-electron chi connectivity index (χ2n) is 12.6. The third-order valence-electron chi connectivity index (χ3n) is 10.7. The van der Waals surface area contributed by atoms with Crippen molar-refractivity contribution in [2.45, 2.75) is 117 Å². The Morgan fingerprint density at radius 3 is 2.47 bits per heavy atom. The van der Waals surface area contributed by atoms with Gasteiger partial charge in [0.2, 0.25) is 0 Å². The van der Waals surface area contributed by atoms with Crippen molar-refractivity contribution in [3.63, 3.8) is 0 Å². The fourth-order valence-corrected chi connectivity index (χ4v) is 8.83. The van der Waals surface area contributed by atoms with E-state index in [2.05, 4.69) is 40.7 Å². The van der Waals surface area contributed by atoms with Gasteiger partial charge in [0.25, 0.3) is 0 Å². The quantitative estimate of drug-likeness (QED) is 0.487. The molecule has 0 radical (unpaired) electrons. The Balaban J connectivity index is 1.52. The van der Waals surface area contributed by atoms with E-state index in [0.717, 1.165) is 43.4 Å². The van der Waals surface area contributed by atoms with Gasteiger partial charge in [-0.25, -0.2) is 0 Å². The van der Waals surface area contributed by atoms with Crippen LogP contribution in [-0.4, -0.2) is 22.4 Å². The minimum atomic E-state index is -0.134. The molecule has 0 unspecified atom stereocenters. The molecule has 3 saturated carbocycles. The van der Waals surface area contributed by atoms with Crippen molar-refractivity contribution >= 4 is 0 Å². The monoisotopic (exact) mass is 416 g/mol. The van der Waals surface area contributed by atoms with Gasteiger partial charge in [-0.05, 0) is 117 Å². The zero-order valence-electron chi connectivity index (χ0n) is 20.4. The topological polar surface area (TPSA) is 40.5 Å². The van der Waals surface area contributed by atoms with Crippen LogP contribution in [0.2, 0.25) is 0 Å². The average molecular weight is 417 g/mol. The molecule has 0 bridgehead atoms.